The van der Waals surface area contributed by atoms with Crippen LogP contribution in [-0.2, 0) is 14.4 Å². The van der Waals surface area contributed by atoms with Crippen LogP contribution in [0.3, 0.4) is 0 Å². The average molecular weight is 495 g/mol. The number of nitrogens with zero attached hydrogens (tertiary/aromatic N) is 8. The maximum Gasteiger partial charge on any atom is 2.00 e. The number of hydrogen-bond acceptors (Lipinski definition) is 13. The summed E-state index contributed by atoms with van der Waals surface area (Å²) in [4.78, 5) is 30.3. The van der Waals surface area contributed by atoms with Crippen LogP contribution in [-0.4, -0.2) is 114 Å². The van der Waals surface area contributed by atoms with E-state index >= 15 is 0 Å². The molecule has 0 saturated heterocycles. The summed E-state index contributed by atoms with van der Waals surface area (Å²) in [5, 5.41) is 43.9. The van der Waals surface area contributed by atoms with Crippen molar-refractivity contribution in [2.75, 3.05) is 0 Å². The Balaban J connectivity index is -0.0000000209. The molecule has 0 aliphatic carbocycles. The van der Waals surface area contributed by atoms with Crippen molar-refractivity contribution in [3.63, 3.8) is 0 Å². The summed E-state index contributed by atoms with van der Waals surface area (Å²) in [6.45, 7) is 1.93. The van der Waals surface area contributed by atoms with Crippen molar-refractivity contribution < 1.29 is 30.4 Å². The molecular weight excluding hydrogens is 478 g/mol. The molecule has 0 atom stereocenters. The van der Waals surface area contributed by atoms with Gasteiger partial charge in [-0.1, -0.05) is 6.47 Å². The molecule has 0 aliphatic rings. The van der Waals surface area contributed by atoms with Gasteiger partial charge in [0.15, 0.2) is 6.19 Å². The van der Waals surface area contributed by atoms with Crippen molar-refractivity contribution in [1.29, 1.82) is 26.3 Å². The summed E-state index contributed by atoms with van der Waals surface area (Å²) in [6, 6.07) is 1.75. The van der Waals surface area contributed by atoms with Crippen LogP contribution >= 0.6 is 0 Å². The molecular formula is C10H17Ca2N13O6. The Bertz CT molecular complexity index is 613. The first-order valence-corrected chi connectivity index (χ1v) is 6.32. The Morgan fingerprint density at radius 2 is 1.06 bits per heavy atom. The van der Waals surface area contributed by atoms with Crippen LogP contribution in [0.5, 0.6) is 0 Å². The summed E-state index contributed by atoms with van der Waals surface area (Å²) in [7, 11) is 0. The maximum absolute atomic E-state index is 8.24. The first kappa shape index (κ1) is 63.0. The first-order valence-electron chi connectivity index (χ1n) is 5.33. The third-order valence-electron chi connectivity index (χ3n) is 0.429. The van der Waals surface area contributed by atoms with Crippen LogP contribution in [0.1, 0.15) is 6.92 Å². The topological polar surface area (TPSA) is 419 Å². The Morgan fingerprint density at radius 1 is 0.935 bits per heavy atom. The number of carbonyl (C=O) groups excluding carboxylic acids is 2. The minimum Gasteiger partial charge on any atom is -0.870 e. The van der Waals surface area contributed by atoms with Crippen LogP contribution in [0.25, 0.3) is 0 Å². The van der Waals surface area contributed by atoms with Crippen molar-refractivity contribution in [3.8, 4) is 30.8 Å². The standard InChI is InChI=1S/2C2H4N4.C2H3N.CH2N2.CN2.CHO2.CO2.2Ca.2H2O/c2*3-1-6-2(4)5;1-2-3;4*2-1-3;;;;/h2*(H4,4,5,6);1H3;2H2;;(H,2,3);;;;2*1H2/q;;;;;-1;;;+2;;/p-1. The van der Waals surface area contributed by atoms with Gasteiger partial charge in [0.1, 0.15) is 0 Å². The smallest absolute Gasteiger partial charge is 0.870 e. The molecule has 19 nitrogen and oxygen atoms in total. The van der Waals surface area contributed by atoms with Gasteiger partial charge in [-0.05, 0) is 0 Å². The van der Waals surface area contributed by atoms with Crippen molar-refractivity contribution in [2.24, 2.45) is 40.1 Å². The van der Waals surface area contributed by atoms with Gasteiger partial charge in [0.25, 0.3) is 0 Å². The minimum atomic E-state index is -0.197. The largest absolute Gasteiger partial charge is 2.00 e. The molecule has 0 rings (SSSR count). The number of rotatable bonds is 0. The van der Waals surface area contributed by atoms with E-state index in [1.807, 2.05) is 0 Å². The van der Waals surface area contributed by atoms with Gasteiger partial charge in [-0.2, -0.15) is 30.6 Å². The zero-order valence-electron chi connectivity index (χ0n) is 16.0. The van der Waals surface area contributed by atoms with Crippen molar-refractivity contribution >= 4 is 98.0 Å². The number of guanidine groups is 2. The number of nitrogens with two attached hydrogens (primary N) is 5. The Kier molecular flexibility index (Phi) is 221. The SMILES string of the molecule is CC#N.N#CN.N#CN=C(N)N.N#CN=C(N)N.N#C[N]=[Ca].O.O=C=O.O=[C-]O.[Ca+2].[OH-]. The Labute approximate surface area is 230 Å². The van der Waals surface area contributed by atoms with Gasteiger partial charge in [0, 0.05) is 6.92 Å². The summed E-state index contributed by atoms with van der Waals surface area (Å²) in [5.41, 5.74) is 23.0. The molecule has 21 heteroatoms. The third-order valence-corrected chi connectivity index (χ3v) is 0.650. The summed E-state index contributed by atoms with van der Waals surface area (Å²) in [6.07, 6.45) is 5.92. The van der Waals surface area contributed by atoms with E-state index in [1.165, 1.54) is 25.5 Å². The molecule has 0 aromatic heterocycles. The molecule has 31 heavy (non-hydrogen) atoms. The van der Waals surface area contributed by atoms with Crippen molar-refractivity contribution in [1.82, 2.24) is 0 Å². The fourth-order valence-corrected chi connectivity index (χ4v) is 0.115. The average Bonchev–Trinajstić information content (AvgIpc) is 2.58. The van der Waals surface area contributed by atoms with Gasteiger partial charge in [-0.3, -0.25) is 0 Å². The number of nitriles is 5. The monoisotopic (exact) mass is 495 g/mol. The van der Waals surface area contributed by atoms with Gasteiger partial charge in [-0.15, -0.1) is 9.98 Å². The molecule has 0 unspecified atom stereocenters. The third kappa shape index (κ3) is 1110. The van der Waals surface area contributed by atoms with Crippen molar-refractivity contribution in [3.05, 3.63) is 0 Å². The van der Waals surface area contributed by atoms with Crippen LogP contribution in [0.15, 0.2) is 11.4 Å². The molecule has 0 heterocycles. The van der Waals surface area contributed by atoms with Crippen LogP contribution < -0.4 is 28.7 Å². The predicted octanol–water partition coefficient (Wildman–Crippen LogP) is -5.10. The maximum atomic E-state index is 8.24. The Hall–Kier alpha value is -3.12. The molecule has 0 saturated carbocycles. The molecule has 0 fully saturated rings. The molecule has 162 valence electrons. The van der Waals surface area contributed by atoms with Crippen LogP contribution in [0.2, 0.25) is 0 Å². The first-order chi connectivity index (χ1) is 13.1. The van der Waals surface area contributed by atoms with E-state index in [0.29, 0.717) is 6.47 Å². The molecule has 0 aromatic rings. The van der Waals surface area contributed by atoms with Crippen LogP contribution in [0, 0.1) is 57.2 Å². The molecule has 0 radical (unpaired) electrons. The molecule has 0 bridgehead atoms. The van der Waals surface area contributed by atoms with Crippen molar-refractivity contribution in [2.45, 2.75) is 6.92 Å². The van der Waals surface area contributed by atoms with Gasteiger partial charge in [0.05, 0.1) is 6.07 Å². The molecule has 0 spiro atoms. The molecule has 0 aromatic carbocycles. The van der Waals surface area contributed by atoms with E-state index in [-0.39, 0.29) is 66.8 Å². The van der Waals surface area contributed by atoms with E-state index < -0.39 is 0 Å². The van der Waals surface area contributed by atoms with Gasteiger partial charge >= 0.3 is 92.4 Å². The number of aliphatic hydroxyl groups excluding tert-OH is 1. The molecule has 0 amide bonds. The predicted molar refractivity (Wildman–Crippen MR) is 102 cm³/mol. The van der Waals surface area contributed by atoms with Gasteiger partial charge in [0.2, 0.25) is 24.3 Å². The number of hydrogen-bond donors (Lipinski definition) is 6. The van der Waals surface area contributed by atoms with Gasteiger partial charge < -0.3 is 49.5 Å². The fraction of sp³-hybridized carbons (Fsp3) is 0.100. The zero-order valence-corrected chi connectivity index (χ0v) is 20.4. The zero-order chi connectivity index (χ0) is 24.2. The second-order valence-corrected chi connectivity index (χ2v) is 2.55. The quantitative estimate of drug-likeness (QED) is 0.0456. The number of aliphatic imine (C=N–C) groups is 2. The molecule has 0 aliphatic heterocycles. The van der Waals surface area contributed by atoms with E-state index in [4.69, 9.17) is 68.7 Å². The second-order valence-electron chi connectivity index (χ2n) is 2.06. The minimum absolute atomic E-state index is 0. The molecule has 14 N–H and O–H groups in total. The van der Waals surface area contributed by atoms with E-state index in [2.05, 4.69) is 17.1 Å². The summed E-state index contributed by atoms with van der Waals surface area (Å²) < 4.78 is 3.17. The fourth-order valence-electron chi connectivity index (χ4n) is 0.115. The normalized spacial score (nSPS) is 3.94. The second kappa shape index (κ2) is 109. The summed E-state index contributed by atoms with van der Waals surface area (Å²) in [5.74, 6) is -0.394. The van der Waals surface area contributed by atoms with E-state index in [1.54, 1.807) is 12.3 Å². The van der Waals surface area contributed by atoms with Gasteiger partial charge in [-0.25, -0.2) is 0 Å². The van der Waals surface area contributed by atoms with E-state index in [0.717, 1.165) is 35.7 Å². The van der Waals surface area contributed by atoms with E-state index in [9.17, 15) is 0 Å². The summed E-state index contributed by atoms with van der Waals surface area (Å²) >= 11 is 0.733. The van der Waals surface area contributed by atoms with Crippen LogP contribution in [0.4, 0.5) is 0 Å². The Morgan fingerprint density at radius 3 is 1.06 bits per heavy atom.